The van der Waals surface area contributed by atoms with Crippen LogP contribution in [0.4, 0.5) is 0 Å². The molecule has 0 unspecified atom stereocenters. The third-order valence-electron chi connectivity index (χ3n) is 4.48. The second-order valence-electron chi connectivity index (χ2n) is 7.88. The molecule has 0 saturated carbocycles. The fraction of sp³-hybridized carbons (Fsp3) is 0.524. The minimum Gasteiger partial charge on any atom is -0.489 e. The molecule has 1 aliphatic rings. The van der Waals surface area contributed by atoms with Gasteiger partial charge in [0, 0.05) is 18.0 Å². The van der Waals surface area contributed by atoms with Crippen molar-refractivity contribution in [3.05, 3.63) is 42.0 Å². The standard InChI is InChI=1S/C21H30N2O3/c1-15(2)13-16-14-22-19(24)17-9-5-6-10-18(17)26-12-8-7-11-21(3,4)20(25)23-16/h5-10,15-16H,11-14H2,1-4H3,(H,22,24)(H,23,25)/b8-7+/t16-/m0/s1. The van der Waals surface area contributed by atoms with Gasteiger partial charge in [0.1, 0.15) is 12.4 Å². The van der Waals surface area contributed by atoms with Gasteiger partial charge in [-0.25, -0.2) is 0 Å². The van der Waals surface area contributed by atoms with Gasteiger partial charge in [0.05, 0.1) is 5.56 Å². The van der Waals surface area contributed by atoms with Gasteiger partial charge in [-0.05, 0) is 30.9 Å². The second-order valence-corrected chi connectivity index (χ2v) is 7.88. The number of hydrogen-bond donors (Lipinski definition) is 2. The van der Waals surface area contributed by atoms with E-state index < -0.39 is 5.41 Å². The lowest BCUT2D eigenvalue weighted by Gasteiger charge is -2.28. The van der Waals surface area contributed by atoms with Crippen molar-refractivity contribution in [1.82, 2.24) is 10.6 Å². The van der Waals surface area contributed by atoms with Crippen LogP contribution in [0.5, 0.6) is 5.75 Å². The molecule has 2 rings (SSSR count). The van der Waals surface area contributed by atoms with Crippen LogP contribution in [0.3, 0.4) is 0 Å². The number of hydrogen-bond acceptors (Lipinski definition) is 3. The lowest BCUT2D eigenvalue weighted by Crippen LogP contribution is -2.48. The van der Waals surface area contributed by atoms with E-state index in [9.17, 15) is 9.59 Å². The van der Waals surface area contributed by atoms with Gasteiger partial charge in [0.15, 0.2) is 0 Å². The quantitative estimate of drug-likeness (QED) is 0.797. The zero-order valence-electron chi connectivity index (χ0n) is 16.2. The molecule has 1 aromatic carbocycles. The number of fused-ring (bicyclic) bond motifs is 1. The molecule has 1 heterocycles. The van der Waals surface area contributed by atoms with Crippen LogP contribution in [-0.2, 0) is 4.79 Å². The molecule has 0 aromatic heterocycles. The monoisotopic (exact) mass is 358 g/mol. The number of allylic oxidation sites excluding steroid dienone is 1. The van der Waals surface area contributed by atoms with E-state index in [1.807, 2.05) is 38.1 Å². The molecule has 2 N–H and O–H groups in total. The maximum Gasteiger partial charge on any atom is 0.255 e. The van der Waals surface area contributed by atoms with Gasteiger partial charge in [0.25, 0.3) is 5.91 Å². The van der Waals surface area contributed by atoms with Crippen molar-refractivity contribution in [3.8, 4) is 5.75 Å². The summed E-state index contributed by atoms with van der Waals surface area (Å²) in [5.74, 6) is 0.787. The Balaban J connectivity index is 2.26. The van der Waals surface area contributed by atoms with Gasteiger partial charge in [-0.1, -0.05) is 52.0 Å². The summed E-state index contributed by atoms with van der Waals surface area (Å²) in [6, 6.07) is 7.11. The topological polar surface area (TPSA) is 67.4 Å². The number of ether oxygens (including phenoxy) is 1. The molecule has 142 valence electrons. The summed E-state index contributed by atoms with van der Waals surface area (Å²) in [7, 11) is 0. The highest BCUT2D eigenvalue weighted by Gasteiger charge is 2.28. The zero-order chi connectivity index (χ0) is 19.2. The van der Waals surface area contributed by atoms with Gasteiger partial charge in [0.2, 0.25) is 5.91 Å². The van der Waals surface area contributed by atoms with E-state index in [0.29, 0.717) is 36.8 Å². The molecule has 0 aliphatic carbocycles. The van der Waals surface area contributed by atoms with E-state index in [4.69, 9.17) is 4.74 Å². The van der Waals surface area contributed by atoms with Crippen molar-refractivity contribution >= 4 is 11.8 Å². The Morgan fingerprint density at radius 3 is 2.65 bits per heavy atom. The van der Waals surface area contributed by atoms with Crippen molar-refractivity contribution in [2.24, 2.45) is 11.3 Å². The van der Waals surface area contributed by atoms with E-state index in [-0.39, 0.29) is 17.9 Å². The molecule has 0 fully saturated rings. The highest BCUT2D eigenvalue weighted by atomic mass is 16.5. The molecule has 1 atom stereocenters. The summed E-state index contributed by atoms with van der Waals surface area (Å²) in [6.07, 6.45) is 5.28. The molecule has 5 nitrogen and oxygen atoms in total. The average Bonchev–Trinajstić information content (AvgIpc) is 2.58. The number of para-hydroxylation sites is 1. The van der Waals surface area contributed by atoms with Crippen molar-refractivity contribution in [3.63, 3.8) is 0 Å². The van der Waals surface area contributed by atoms with E-state index in [2.05, 4.69) is 24.5 Å². The first-order valence-corrected chi connectivity index (χ1v) is 9.25. The van der Waals surface area contributed by atoms with E-state index in [1.54, 1.807) is 12.1 Å². The molecular weight excluding hydrogens is 328 g/mol. The van der Waals surface area contributed by atoms with Crippen LogP contribution in [-0.4, -0.2) is 31.0 Å². The fourth-order valence-electron chi connectivity index (χ4n) is 2.91. The van der Waals surface area contributed by atoms with E-state index >= 15 is 0 Å². The smallest absolute Gasteiger partial charge is 0.255 e. The van der Waals surface area contributed by atoms with E-state index in [1.165, 1.54) is 0 Å². The molecule has 5 heteroatoms. The highest BCUT2D eigenvalue weighted by Crippen LogP contribution is 2.23. The maximum atomic E-state index is 12.7. The molecule has 1 aromatic rings. The summed E-state index contributed by atoms with van der Waals surface area (Å²) in [5, 5.41) is 6.06. The molecule has 0 radical (unpaired) electrons. The molecule has 0 saturated heterocycles. The predicted molar refractivity (Wildman–Crippen MR) is 103 cm³/mol. The van der Waals surface area contributed by atoms with Crippen LogP contribution in [0, 0.1) is 11.3 Å². The van der Waals surface area contributed by atoms with Gasteiger partial charge in [-0.3, -0.25) is 9.59 Å². The number of rotatable bonds is 2. The predicted octanol–water partition coefficient (Wildman–Crippen LogP) is 3.31. The number of benzene rings is 1. The second kappa shape index (κ2) is 8.88. The summed E-state index contributed by atoms with van der Waals surface area (Å²) >= 11 is 0. The van der Waals surface area contributed by atoms with Gasteiger partial charge in [-0.2, -0.15) is 0 Å². The largest absolute Gasteiger partial charge is 0.489 e. The van der Waals surface area contributed by atoms with Gasteiger partial charge in [-0.15, -0.1) is 0 Å². The van der Waals surface area contributed by atoms with Crippen LogP contribution in [0.1, 0.15) is 50.9 Å². The zero-order valence-corrected chi connectivity index (χ0v) is 16.2. The van der Waals surface area contributed by atoms with Gasteiger partial charge < -0.3 is 15.4 Å². The molecule has 0 bridgehead atoms. The summed E-state index contributed by atoms with van der Waals surface area (Å²) in [4.78, 5) is 25.3. The van der Waals surface area contributed by atoms with Crippen LogP contribution in [0.15, 0.2) is 36.4 Å². The number of carbonyl (C=O) groups excluding carboxylic acids is 2. The third kappa shape index (κ3) is 5.61. The molecule has 26 heavy (non-hydrogen) atoms. The van der Waals surface area contributed by atoms with E-state index in [0.717, 1.165) is 6.42 Å². The van der Waals surface area contributed by atoms with Crippen LogP contribution in [0.2, 0.25) is 0 Å². The maximum absolute atomic E-state index is 12.7. The Bertz CT molecular complexity index is 665. The van der Waals surface area contributed by atoms with Crippen LogP contribution < -0.4 is 15.4 Å². The summed E-state index contributed by atoms with van der Waals surface area (Å²) in [6.45, 7) is 8.83. The Labute approximate surface area is 156 Å². The first kappa shape index (κ1) is 20.0. The van der Waals surface area contributed by atoms with Crippen molar-refractivity contribution in [2.75, 3.05) is 13.2 Å². The molecular formula is C21H30N2O3. The Morgan fingerprint density at radius 2 is 1.92 bits per heavy atom. The number of amides is 2. The Morgan fingerprint density at radius 1 is 1.19 bits per heavy atom. The molecule has 0 spiro atoms. The summed E-state index contributed by atoms with van der Waals surface area (Å²) in [5.41, 5.74) is -0.00878. The third-order valence-corrected chi connectivity index (χ3v) is 4.48. The Hall–Kier alpha value is -2.30. The van der Waals surface area contributed by atoms with Crippen molar-refractivity contribution in [1.29, 1.82) is 0 Å². The molecule has 2 amide bonds. The van der Waals surface area contributed by atoms with Crippen molar-refractivity contribution in [2.45, 2.75) is 46.6 Å². The Kier molecular flexibility index (Phi) is 6.83. The van der Waals surface area contributed by atoms with Crippen molar-refractivity contribution < 1.29 is 14.3 Å². The summed E-state index contributed by atoms with van der Waals surface area (Å²) < 4.78 is 5.74. The van der Waals surface area contributed by atoms with Crippen LogP contribution >= 0.6 is 0 Å². The lowest BCUT2D eigenvalue weighted by molar-refractivity contribution is -0.130. The first-order chi connectivity index (χ1) is 12.3. The van der Waals surface area contributed by atoms with Crippen LogP contribution in [0.25, 0.3) is 0 Å². The average molecular weight is 358 g/mol. The highest BCUT2D eigenvalue weighted by molar-refractivity contribution is 5.97. The minimum atomic E-state index is -0.516. The lowest BCUT2D eigenvalue weighted by atomic mass is 9.87. The minimum absolute atomic E-state index is 0.000395. The van der Waals surface area contributed by atoms with Gasteiger partial charge >= 0.3 is 0 Å². The number of carbonyl (C=O) groups is 2. The molecule has 1 aliphatic heterocycles. The number of nitrogens with one attached hydrogen (secondary N) is 2. The normalized spacial score (nSPS) is 22.4. The SMILES string of the molecule is CC(C)C[C@H]1CNC(=O)c2ccccc2OC/C=C/CC(C)(C)C(=O)N1. The fourth-order valence-corrected chi connectivity index (χ4v) is 2.91. The first-order valence-electron chi connectivity index (χ1n) is 9.25.